The van der Waals surface area contributed by atoms with Crippen molar-refractivity contribution >= 4 is 34.5 Å². The molecule has 144 valence electrons. The van der Waals surface area contributed by atoms with E-state index in [0.717, 1.165) is 24.2 Å². The number of benzene rings is 1. The standard InChI is InChI=1S/C17H21N5O4S/c1-3-4-5-14(24)19-17-22-21-16(27-17)9-15(25)20-18-10-11-6-7-12(23)13(8-11)26-2/h6-8,10,23H,3-5,9H2,1-2H3,(H,20,25)(H,19,22,24)/b18-10-. The van der Waals surface area contributed by atoms with Gasteiger partial charge in [0, 0.05) is 6.42 Å². The van der Waals surface area contributed by atoms with Crippen molar-refractivity contribution in [3.8, 4) is 11.5 Å². The third kappa shape index (κ3) is 6.66. The molecule has 0 aliphatic carbocycles. The molecule has 0 saturated carbocycles. The SMILES string of the molecule is CCCCC(=O)Nc1nnc(CC(=O)N/N=C\c2ccc(O)c(OC)c2)s1. The van der Waals surface area contributed by atoms with E-state index in [1.807, 2.05) is 6.92 Å². The Bertz CT molecular complexity index is 821. The second kappa shape index (κ2) is 10.2. The maximum Gasteiger partial charge on any atom is 0.247 e. The number of unbranched alkanes of at least 4 members (excludes halogenated alkanes) is 1. The molecule has 0 saturated heterocycles. The molecule has 0 aliphatic heterocycles. The van der Waals surface area contributed by atoms with Crippen molar-refractivity contribution in [2.24, 2.45) is 5.10 Å². The van der Waals surface area contributed by atoms with Crippen molar-refractivity contribution in [2.45, 2.75) is 32.6 Å². The Labute approximate surface area is 160 Å². The maximum atomic E-state index is 11.9. The summed E-state index contributed by atoms with van der Waals surface area (Å²) in [6.45, 7) is 2.01. The Hall–Kier alpha value is -3.01. The molecule has 2 aromatic rings. The van der Waals surface area contributed by atoms with Crippen molar-refractivity contribution in [1.82, 2.24) is 15.6 Å². The van der Waals surface area contributed by atoms with Crippen LogP contribution in [-0.2, 0) is 16.0 Å². The van der Waals surface area contributed by atoms with Crippen LogP contribution in [0.2, 0.25) is 0 Å². The minimum Gasteiger partial charge on any atom is -0.504 e. The largest absolute Gasteiger partial charge is 0.504 e. The van der Waals surface area contributed by atoms with Crippen LogP contribution in [0.3, 0.4) is 0 Å². The summed E-state index contributed by atoms with van der Waals surface area (Å²) in [5.41, 5.74) is 3.04. The third-order valence-corrected chi connectivity index (χ3v) is 4.23. The van der Waals surface area contributed by atoms with Gasteiger partial charge in [0.15, 0.2) is 11.5 Å². The summed E-state index contributed by atoms with van der Waals surface area (Å²) in [5, 5.41) is 24.6. The van der Waals surface area contributed by atoms with Gasteiger partial charge in [-0.3, -0.25) is 9.59 Å². The lowest BCUT2D eigenvalue weighted by atomic mass is 10.2. The number of amides is 2. The zero-order valence-electron chi connectivity index (χ0n) is 15.1. The first-order valence-electron chi connectivity index (χ1n) is 8.33. The minimum atomic E-state index is -0.364. The topological polar surface area (TPSA) is 126 Å². The highest BCUT2D eigenvalue weighted by molar-refractivity contribution is 7.15. The van der Waals surface area contributed by atoms with Gasteiger partial charge in [-0.2, -0.15) is 5.10 Å². The van der Waals surface area contributed by atoms with Crippen LogP contribution in [-0.4, -0.2) is 40.4 Å². The molecule has 10 heteroatoms. The van der Waals surface area contributed by atoms with Crippen LogP contribution in [0, 0.1) is 0 Å². The number of anilines is 1. The number of hydrogen-bond donors (Lipinski definition) is 3. The van der Waals surface area contributed by atoms with E-state index in [0.29, 0.717) is 27.9 Å². The zero-order valence-corrected chi connectivity index (χ0v) is 15.9. The molecule has 1 aromatic heterocycles. The predicted molar refractivity (Wildman–Crippen MR) is 102 cm³/mol. The number of phenols is 1. The number of nitrogens with zero attached hydrogens (tertiary/aromatic N) is 3. The molecule has 0 bridgehead atoms. The van der Waals surface area contributed by atoms with Crippen molar-refractivity contribution in [3.63, 3.8) is 0 Å². The van der Waals surface area contributed by atoms with Crippen molar-refractivity contribution in [3.05, 3.63) is 28.8 Å². The fourth-order valence-corrected chi connectivity index (χ4v) is 2.78. The van der Waals surface area contributed by atoms with E-state index in [-0.39, 0.29) is 24.0 Å². The van der Waals surface area contributed by atoms with Gasteiger partial charge in [-0.1, -0.05) is 24.7 Å². The van der Waals surface area contributed by atoms with Gasteiger partial charge in [0.25, 0.3) is 0 Å². The molecule has 0 radical (unpaired) electrons. The molecule has 2 rings (SSSR count). The van der Waals surface area contributed by atoms with E-state index in [2.05, 4.69) is 26.0 Å². The van der Waals surface area contributed by atoms with Gasteiger partial charge in [0.1, 0.15) is 5.01 Å². The second-order valence-electron chi connectivity index (χ2n) is 5.55. The van der Waals surface area contributed by atoms with Crippen molar-refractivity contribution in [2.75, 3.05) is 12.4 Å². The molecule has 0 fully saturated rings. The van der Waals surface area contributed by atoms with Crippen LogP contribution in [0.15, 0.2) is 23.3 Å². The summed E-state index contributed by atoms with van der Waals surface area (Å²) >= 11 is 1.15. The first-order valence-corrected chi connectivity index (χ1v) is 9.14. The Kier molecular flexibility index (Phi) is 7.68. The van der Waals surface area contributed by atoms with E-state index in [4.69, 9.17) is 4.74 Å². The fraction of sp³-hybridized carbons (Fsp3) is 0.353. The van der Waals surface area contributed by atoms with Gasteiger partial charge >= 0.3 is 0 Å². The molecule has 0 atom stereocenters. The highest BCUT2D eigenvalue weighted by atomic mass is 32.1. The van der Waals surface area contributed by atoms with Gasteiger partial charge in [0.2, 0.25) is 16.9 Å². The summed E-state index contributed by atoms with van der Waals surface area (Å²) in [5.74, 6) is -0.143. The zero-order chi connectivity index (χ0) is 19.6. The molecular weight excluding hydrogens is 370 g/mol. The number of nitrogens with one attached hydrogen (secondary N) is 2. The highest BCUT2D eigenvalue weighted by Crippen LogP contribution is 2.25. The van der Waals surface area contributed by atoms with E-state index in [9.17, 15) is 14.7 Å². The van der Waals surface area contributed by atoms with E-state index in [1.54, 1.807) is 12.1 Å². The smallest absolute Gasteiger partial charge is 0.247 e. The van der Waals surface area contributed by atoms with Crippen LogP contribution < -0.4 is 15.5 Å². The minimum absolute atomic E-state index is 0.00125. The average Bonchev–Trinajstić information content (AvgIpc) is 3.07. The first kappa shape index (κ1) is 20.3. The fourth-order valence-electron chi connectivity index (χ4n) is 2.02. The van der Waals surface area contributed by atoms with Crippen LogP contribution in [0.4, 0.5) is 5.13 Å². The molecule has 0 unspecified atom stereocenters. The Balaban J connectivity index is 1.83. The van der Waals surface area contributed by atoms with Crippen LogP contribution in [0.5, 0.6) is 11.5 Å². The van der Waals surface area contributed by atoms with Crippen molar-refractivity contribution in [1.29, 1.82) is 0 Å². The number of aromatic hydroxyl groups is 1. The Morgan fingerprint density at radius 2 is 2.15 bits per heavy atom. The lowest BCUT2D eigenvalue weighted by molar-refractivity contribution is -0.120. The number of carbonyl (C=O) groups excluding carboxylic acids is 2. The monoisotopic (exact) mass is 391 g/mol. The van der Waals surface area contributed by atoms with Gasteiger partial charge in [-0.15, -0.1) is 10.2 Å². The summed E-state index contributed by atoms with van der Waals surface area (Å²) in [4.78, 5) is 23.6. The first-order chi connectivity index (χ1) is 13.0. The summed E-state index contributed by atoms with van der Waals surface area (Å²) < 4.78 is 5.00. The van der Waals surface area contributed by atoms with Gasteiger partial charge < -0.3 is 15.2 Å². The molecule has 0 aliphatic rings. The van der Waals surface area contributed by atoms with E-state index < -0.39 is 0 Å². The highest BCUT2D eigenvalue weighted by Gasteiger charge is 2.11. The molecule has 1 aromatic carbocycles. The normalized spacial score (nSPS) is 10.7. The number of carbonyl (C=O) groups is 2. The summed E-state index contributed by atoms with van der Waals surface area (Å²) in [6, 6.07) is 4.69. The maximum absolute atomic E-state index is 11.9. The lowest BCUT2D eigenvalue weighted by Gasteiger charge is -2.03. The summed E-state index contributed by atoms with van der Waals surface area (Å²) in [6.07, 6.45) is 3.61. The number of hydrogen-bond acceptors (Lipinski definition) is 8. The quantitative estimate of drug-likeness (QED) is 0.444. The molecule has 0 spiro atoms. The molecule has 1 heterocycles. The van der Waals surface area contributed by atoms with Crippen LogP contribution in [0.1, 0.15) is 36.8 Å². The molecule has 3 N–H and O–H groups in total. The Morgan fingerprint density at radius 1 is 1.33 bits per heavy atom. The lowest BCUT2D eigenvalue weighted by Crippen LogP contribution is -2.19. The number of phenolic OH excluding ortho intramolecular Hbond substituents is 1. The second-order valence-corrected chi connectivity index (χ2v) is 6.62. The molecule has 27 heavy (non-hydrogen) atoms. The number of rotatable bonds is 9. The number of ether oxygens (including phenoxy) is 1. The number of hydrazone groups is 1. The summed E-state index contributed by atoms with van der Waals surface area (Å²) in [7, 11) is 1.44. The average molecular weight is 391 g/mol. The van der Waals surface area contributed by atoms with Gasteiger partial charge in [0.05, 0.1) is 19.7 Å². The number of methoxy groups -OCH3 is 1. The molecule has 2 amide bonds. The predicted octanol–water partition coefficient (Wildman–Crippen LogP) is 2.07. The number of aromatic nitrogens is 2. The molecule has 9 nitrogen and oxygen atoms in total. The van der Waals surface area contributed by atoms with Crippen LogP contribution >= 0.6 is 11.3 Å². The Morgan fingerprint density at radius 3 is 2.89 bits per heavy atom. The van der Waals surface area contributed by atoms with Gasteiger partial charge in [-0.25, -0.2) is 5.43 Å². The third-order valence-electron chi connectivity index (χ3n) is 3.39. The van der Waals surface area contributed by atoms with Crippen LogP contribution in [0.25, 0.3) is 0 Å². The molecular formula is C17H21N5O4S. The van der Waals surface area contributed by atoms with Crippen molar-refractivity contribution < 1.29 is 19.4 Å². The van der Waals surface area contributed by atoms with E-state index >= 15 is 0 Å². The van der Waals surface area contributed by atoms with E-state index in [1.165, 1.54) is 19.4 Å². The van der Waals surface area contributed by atoms with Gasteiger partial charge in [-0.05, 0) is 30.2 Å².